The molecule has 1 aromatic carbocycles. The van der Waals surface area contributed by atoms with Crippen molar-refractivity contribution in [2.24, 2.45) is 0 Å². The molecule has 158 valence electrons. The van der Waals surface area contributed by atoms with Crippen molar-refractivity contribution in [2.45, 2.75) is 40.7 Å². The summed E-state index contributed by atoms with van der Waals surface area (Å²) >= 11 is 0. The third-order valence-electron chi connectivity index (χ3n) is 4.79. The molecule has 0 aliphatic carbocycles. The number of carbonyl (C=O) groups is 2. The summed E-state index contributed by atoms with van der Waals surface area (Å²) in [7, 11) is 1.38. The number of hydroxylamine groups is 1. The van der Waals surface area contributed by atoms with E-state index in [9.17, 15) is 9.59 Å². The van der Waals surface area contributed by atoms with E-state index in [-0.39, 0.29) is 17.9 Å². The Bertz CT molecular complexity index is 1120. The van der Waals surface area contributed by atoms with Gasteiger partial charge in [0.2, 0.25) is 0 Å². The fourth-order valence-corrected chi connectivity index (χ4v) is 3.38. The third kappa shape index (κ3) is 3.97. The monoisotopic (exact) mass is 410 g/mol. The van der Waals surface area contributed by atoms with Gasteiger partial charge >= 0.3 is 0 Å². The molecule has 0 aliphatic rings. The summed E-state index contributed by atoms with van der Waals surface area (Å²) in [4.78, 5) is 33.9. The molecule has 0 fully saturated rings. The minimum atomic E-state index is -0.351. The Balaban J connectivity index is 2.07. The van der Waals surface area contributed by atoms with Crippen molar-refractivity contribution in [3.8, 4) is 0 Å². The maximum Gasteiger partial charge on any atom is 0.274 e. The highest BCUT2D eigenvalue weighted by atomic mass is 16.6. The molecule has 2 heterocycles. The normalized spacial score (nSPS) is 11.0. The molecule has 9 heteroatoms. The van der Waals surface area contributed by atoms with E-state index in [1.807, 2.05) is 40.7 Å². The van der Waals surface area contributed by atoms with Crippen LogP contribution in [0.2, 0.25) is 0 Å². The third-order valence-corrected chi connectivity index (χ3v) is 4.79. The van der Waals surface area contributed by atoms with Gasteiger partial charge in [-0.3, -0.25) is 14.4 Å². The lowest BCUT2D eigenvalue weighted by Gasteiger charge is -2.12. The lowest BCUT2D eigenvalue weighted by molar-refractivity contribution is 0.0537. The fourth-order valence-electron chi connectivity index (χ4n) is 3.38. The SMILES string of the molecule is CONC(=O)c1ccc(C)c(Nc2ncnn3c(C)c(C(=O)NC(C)C)c(C)c23)c1. The number of nitrogens with zero attached hydrogens (tertiary/aromatic N) is 3. The van der Waals surface area contributed by atoms with E-state index < -0.39 is 0 Å². The Morgan fingerprint density at radius 2 is 1.87 bits per heavy atom. The molecule has 0 unspecified atom stereocenters. The smallest absolute Gasteiger partial charge is 0.274 e. The number of nitrogens with one attached hydrogen (secondary N) is 3. The van der Waals surface area contributed by atoms with Crippen LogP contribution in [0.25, 0.3) is 5.52 Å². The number of amides is 2. The van der Waals surface area contributed by atoms with Crippen molar-refractivity contribution in [3.63, 3.8) is 0 Å². The molecular formula is C21H26N6O3. The number of aryl methyl sites for hydroxylation is 3. The van der Waals surface area contributed by atoms with Gasteiger partial charge in [-0.15, -0.1) is 0 Å². The number of aromatic nitrogens is 3. The predicted molar refractivity (Wildman–Crippen MR) is 114 cm³/mol. The molecule has 3 aromatic rings. The quantitative estimate of drug-likeness (QED) is 0.539. The molecule has 2 aromatic heterocycles. The van der Waals surface area contributed by atoms with Gasteiger partial charge < -0.3 is 10.6 Å². The summed E-state index contributed by atoms with van der Waals surface area (Å²) in [5.74, 6) is 0.0446. The Morgan fingerprint density at radius 3 is 2.53 bits per heavy atom. The van der Waals surface area contributed by atoms with Gasteiger partial charge in [0.05, 0.1) is 18.4 Å². The Hall–Kier alpha value is -3.46. The standard InChI is InChI=1S/C21H26N6O3/c1-11(2)24-21(29)17-13(4)18-19(22-10-23-27(18)14(17)5)25-16-9-15(8-7-12(16)3)20(28)26-30-6/h7-11H,1-6H3,(H,24,29)(H,26,28)(H,22,23,25). The number of rotatable bonds is 6. The van der Waals surface area contributed by atoms with Crippen molar-refractivity contribution in [1.29, 1.82) is 0 Å². The van der Waals surface area contributed by atoms with Crippen molar-refractivity contribution in [3.05, 3.63) is 52.5 Å². The molecule has 2 amide bonds. The van der Waals surface area contributed by atoms with Crippen LogP contribution in [0.4, 0.5) is 11.5 Å². The van der Waals surface area contributed by atoms with Gasteiger partial charge in [0, 0.05) is 17.3 Å². The molecule has 0 bridgehead atoms. The number of hydrogen-bond donors (Lipinski definition) is 3. The van der Waals surface area contributed by atoms with E-state index >= 15 is 0 Å². The average Bonchev–Trinajstić information content (AvgIpc) is 2.94. The van der Waals surface area contributed by atoms with E-state index in [0.717, 1.165) is 16.8 Å². The number of fused-ring (bicyclic) bond motifs is 1. The van der Waals surface area contributed by atoms with E-state index in [4.69, 9.17) is 4.84 Å². The highest BCUT2D eigenvalue weighted by Gasteiger charge is 2.22. The molecule has 0 radical (unpaired) electrons. The summed E-state index contributed by atoms with van der Waals surface area (Å²) in [6.07, 6.45) is 1.43. The predicted octanol–water partition coefficient (Wildman–Crippen LogP) is 2.83. The van der Waals surface area contributed by atoms with Crippen LogP contribution in [0.5, 0.6) is 0 Å². The lowest BCUT2D eigenvalue weighted by atomic mass is 10.1. The second-order valence-electron chi connectivity index (χ2n) is 7.37. The van der Waals surface area contributed by atoms with Crippen molar-refractivity contribution >= 4 is 28.8 Å². The minimum absolute atomic E-state index is 0.0200. The van der Waals surface area contributed by atoms with Gasteiger partial charge in [-0.2, -0.15) is 5.10 Å². The van der Waals surface area contributed by atoms with Crippen LogP contribution in [-0.2, 0) is 4.84 Å². The van der Waals surface area contributed by atoms with E-state index in [1.165, 1.54) is 13.4 Å². The van der Waals surface area contributed by atoms with Crippen LogP contribution in [0.1, 0.15) is 51.4 Å². The first-order valence-corrected chi connectivity index (χ1v) is 9.59. The first-order valence-electron chi connectivity index (χ1n) is 9.59. The minimum Gasteiger partial charge on any atom is -0.350 e. The molecule has 3 rings (SSSR count). The molecular weight excluding hydrogens is 384 g/mol. The van der Waals surface area contributed by atoms with Crippen LogP contribution < -0.4 is 16.1 Å². The van der Waals surface area contributed by atoms with Crippen LogP contribution in [0.3, 0.4) is 0 Å². The molecule has 0 atom stereocenters. The zero-order chi connectivity index (χ0) is 22.0. The summed E-state index contributed by atoms with van der Waals surface area (Å²) in [5, 5.41) is 10.5. The van der Waals surface area contributed by atoms with E-state index in [1.54, 1.807) is 16.6 Å². The summed E-state index contributed by atoms with van der Waals surface area (Å²) in [6.45, 7) is 9.49. The maximum atomic E-state index is 12.7. The molecule has 0 saturated heterocycles. The van der Waals surface area contributed by atoms with Crippen LogP contribution >= 0.6 is 0 Å². The van der Waals surface area contributed by atoms with Crippen molar-refractivity contribution in [1.82, 2.24) is 25.4 Å². The van der Waals surface area contributed by atoms with E-state index in [2.05, 4.69) is 26.2 Å². The lowest BCUT2D eigenvalue weighted by Crippen LogP contribution is -2.30. The van der Waals surface area contributed by atoms with Crippen LogP contribution in [0, 0.1) is 20.8 Å². The second kappa shape index (κ2) is 8.50. The van der Waals surface area contributed by atoms with Gasteiger partial charge in [-0.25, -0.2) is 15.0 Å². The van der Waals surface area contributed by atoms with Gasteiger partial charge in [0.25, 0.3) is 11.8 Å². The van der Waals surface area contributed by atoms with Gasteiger partial charge in [-0.1, -0.05) is 6.07 Å². The zero-order valence-corrected chi connectivity index (χ0v) is 18.0. The van der Waals surface area contributed by atoms with E-state index in [0.29, 0.717) is 28.1 Å². The molecule has 9 nitrogen and oxygen atoms in total. The van der Waals surface area contributed by atoms with Crippen molar-refractivity contribution < 1.29 is 14.4 Å². The number of hydrogen-bond acceptors (Lipinski definition) is 6. The summed E-state index contributed by atoms with van der Waals surface area (Å²) < 4.78 is 1.71. The number of benzene rings is 1. The Kier molecular flexibility index (Phi) is 6.02. The zero-order valence-electron chi connectivity index (χ0n) is 18.0. The Labute approximate surface area is 174 Å². The summed E-state index contributed by atoms with van der Waals surface area (Å²) in [5.41, 5.74) is 7.19. The molecule has 0 spiro atoms. The van der Waals surface area contributed by atoms with Crippen molar-refractivity contribution in [2.75, 3.05) is 12.4 Å². The van der Waals surface area contributed by atoms with Crippen LogP contribution in [0.15, 0.2) is 24.5 Å². The second-order valence-corrected chi connectivity index (χ2v) is 7.37. The highest BCUT2D eigenvalue weighted by Crippen LogP contribution is 2.29. The topological polar surface area (TPSA) is 110 Å². The van der Waals surface area contributed by atoms with Gasteiger partial charge in [-0.05, 0) is 57.9 Å². The largest absolute Gasteiger partial charge is 0.350 e. The van der Waals surface area contributed by atoms with Gasteiger partial charge in [0.1, 0.15) is 11.8 Å². The van der Waals surface area contributed by atoms with Gasteiger partial charge in [0.15, 0.2) is 5.82 Å². The molecule has 0 aliphatic heterocycles. The Morgan fingerprint density at radius 1 is 1.13 bits per heavy atom. The average molecular weight is 410 g/mol. The summed E-state index contributed by atoms with van der Waals surface area (Å²) in [6, 6.07) is 5.29. The first-order chi connectivity index (χ1) is 14.2. The van der Waals surface area contributed by atoms with Crippen LogP contribution in [-0.4, -0.2) is 39.6 Å². The maximum absolute atomic E-state index is 12.7. The number of anilines is 2. The number of carbonyl (C=O) groups excluding carboxylic acids is 2. The first kappa shape index (κ1) is 21.3. The highest BCUT2D eigenvalue weighted by molar-refractivity contribution is 6.01. The molecule has 3 N–H and O–H groups in total. The molecule has 0 saturated carbocycles. The fraction of sp³-hybridized carbons (Fsp3) is 0.333. The molecule has 30 heavy (non-hydrogen) atoms.